The van der Waals surface area contributed by atoms with Crippen LogP contribution in [0.4, 0.5) is 0 Å². The molecule has 5 heteroatoms. The van der Waals surface area contributed by atoms with Crippen LogP contribution in [0.1, 0.15) is 44.9 Å². The third-order valence-corrected chi connectivity index (χ3v) is 5.64. The molecule has 2 saturated heterocycles. The summed E-state index contributed by atoms with van der Waals surface area (Å²) in [6.07, 6.45) is 6.60. The van der Waals surface area contributed by atoms with Gasteiger partial charge in [-0.05, 0) is 57.5 Å². The maximum Gasteiger partial charge on any atom is 0.319 e. The first-order chi connectivity index (χ1) is 10.1. The second kappa shape index (κ2) is 5.95. The van der Waals surface area contributed by atoms with Gasteiger partial charge < -0.3 is 14.9 Å². The Morgan fingerprint density at radius 1 is 1.00 bits per heavy atom. The molecule has 0 aromatic heterocycles. The average molecular weight is 294 g/mol. The molecule has 1 amide bonds. The van der Waals surface area contributed by atoms with Crippen LogP contribution in [-0.4, -0.2) is 59.5 Å². The first kappa shape index (κ1) is 14.8. The van der Waals surface area contributed by atoms with Crippen molar-refractivity contribution >= 4 is 11.9 Å². The molecule has 1 aliphatic carbocycles. The highest BCUT2D eigenvalue weighted by Crippen LogP contribution is 2.43. The molecule has 5 nitrogen and oxygen atoms in total. The lowest BCUT2D eigenvalue weighted by Gasteiger charge is -2.42. The Kier molecular flexibility index (Phi) is 4.20. The van der Waals surface area contributed by atoms with E-state index in [0.717, 1.165) is 38.9 Å². The molecule has 0 atom stereocenters. The van der Waals surface area contributed by atoms with Crippen LogP contribution in [0.5, 0.6) is 0 Å². The maximum absolute atomic E-state index is 12.5. The highest BCUT2D eigenvalue weighted by molar-refractivity contribution is 6.02. The molecule has 0 bridgehead atoms. The zero-order chi connectivity index (χ0) is 14.9. The summed E-state index contributed by atoms with van der Waals surface area (Å²) in [4.78, 5) is 28.3. The molecule has 118 valence electrons. The summed E-state index contributed by atoms with van der Waals surface area (Å²) in [6.45, 7) is 5.09. The van der Waals surface area contributed by atoms with Gasteiger partial charge in [-0.15, -0.1) is 0 Å². The van der Waals surface area contributed by atoms with Gasteiger partial charge in [0, 0.05) is 19.6 Å². The van der Waals surface area contributed by atoms with E-state index in [-0.39, 0.29) is 5.91 Å². The van der Waals surface area contributed by atoms with E-state index in [4.69, 9.17) is 0 Å². The molecule has 2 aliphatic heterocycles. The summed E-state index contributed by atoms with van der Waals surface area (Å²) in [7, 11) is 0. The van der Waals surface area contributed by atoms with Crippen molar-refractivity contribution in [3.63, 3.8) is 0 Å². The van der Waals surface area contributed by atoms with Crippen LogP contribution in [0.3, 0.4) is 0 Å². The molecule has 0 aromatic carbocycles. The lowest BCUT2D eigenvalue weighted by Crippen LogP contribution is -2.54. The lowest BCUT2D eigenvalue weighted by atomic mass is 9.67. The number of hydrogen-bond acceptors (Lipinski definition) is 3. The van der Waals surface area contributed by atoms with Crippen LogP contribution in [0, 0.1) is 11.3 Å². The van der Waals surface area contributed by atoms with Crippen molar-refractivity contribution in [2.75, 3.05) is 32.7 Å². The quantitative estimate of drug-likeness (QED) is 0.800. The fourth-order valence-corrected chi connectivity index (χ4v) is 4.00. The van der Waals surface area contributed by atoms with E-state index in [9.17, 15) is 14.7 Å². The first-order valence-electron chi connectivity index (χ1n) is 8.37. The van der Waals surface area contributed by atoms with Crippen molar-refractivity contribution < 1.29 is 14.7 Å². The molecule has 21 heavy (non-hydrogen) atoms. The average Bonchev–Trinajstić information content (AvgIpc) is 2.90. The number of piperidine rings is 1. The molecule has 3 rings (SSSR count). The standard InChI is InChI=1S/C16H26N2O3/c19-14(16(15(20)21)6-3-7-16)18-10-4-13(5-11-18)12-17-8-1-2-9-17/h13H,1-12H2,(H,20,21). The second-order valence-electron chi connectivity index (χ2n) is 6.98. The summed E-state index contributed by atoms with van der Waals surface area (Å²) in [5.74, 6) is -0.367. The first-order valence-corrected chi connectivity index (χ1v) is 8.37. The van der Waals surface area contributed by atoms with Gasteiger partial charge in [0.25, 0.3) is 0 Å². The number of hydrogen-bond donors (Lipinski definition) is 1. The Hall–Kier alpha value is -1.10. The third-order valence-electron chi connectivity index (χ3n) is 5.64. The zero-order valence-corrected chi connectivity index (χ0v) is 12.7. The minimum Gasteiger partial charge on any atom is -0.480 e. The van der Waals surface area contributed by atoms with E-state index in [2.05, 4.69) is 4.90 Å². The van der Waals surface area contributed by atoms with Crippen LogP contribution in [0.25, 0.3) is 0 Å². The maximum atomic E-state index is 12.5. The fourth-order valence-electron chi connectivity index (χ4n) is 4.00. The molecule has 0 radical (unpaired) electrons. The predicted molar refractivity (Wildman–Crippen MR) is 78.9 cm³/mol. The van der Waals surface area contributed by atoms with Gasteiger partial charge in [-0.3, -0.25) is 9.59 Å². The number of carbonyl (C=O) groups excluding carboxylic acids is 1. The SMILES string of the molecule is O=C(O)C1(C(=O)N2CCC(CN3CCCC3)CC2)CCC1. The van der Waals surface area contributed by atoms with Crippen molar-refractivity contribution in [1.82, 2.24) is 9.80 Å². The largest absolute Gasteiger partial charge is 0.480 e. The summed E-state index contributed by atoms with van der Waals surface area (Å²) in [6, 6.07) is 0. The van der Waals surface area contributed by atoms with Crippen molar-refractivity contribution in [2.45, 2.75) is 44.9 Å². The molecular weight excluding hydrogens is 268 g/mol. The van der Waals surface area contributed by atoms with E-state index >= 15 is 0 Å². The summed E-state index contributed by atoms with van der Waals surface area (Å²) in [5.41, 5.74) is -1.08. The smallest absolute Gasteiger partial charge is 0.319 e. The minimum absolute atomic E-state index is 0.124. The molecule has 0 aromatic rings. The van der Waals surface area contributed by atoms with Crippen LogP contribution in [0.15, 0.2) is 0 Å². The van der Waals surface area contributed by atoms with Crippen molar-refractivity contribution in [1.29, 1.82) is 0 Å². The Balaban J connectivity index is 1.51. The number of carbonyl (C=O) groups is 2. The van der Waals surface area contributed by atoms with Crippen LogP contribution in [-0.2, 0) is 9.59 Å². The number of nitrogens with zero attached hydrogens (tertiary/aromatic N) is 2. The highest BCUT2D eigenvalue weighted by atomic mass is 16.4. The zero-order valence-electron chi connectivity index (χ0n) is 12.7. The van der Waals surface area contributed by atoms with Gasteiger partial charge >= 0.3 is 5.97 Å². The Morgan fingerprint density at radius 3 is 2.10 bits per heavy atom. The van der Waals surface area contributed by atoms with E-state index in [1.807, 2.05) is 4.90 Å². The highest BCUT2D eigenvalue weighted by Gasteiger charge is 2.53. The molecule has 2 heterocycles. The minimum atomic E-state index is -1.08. The second-order valence-corrected chi connectivity index (χ2v) is 6.98. The summed E-state index contributed by atoms with van der Waals surface area (Å²) in [5, 5.41) is 9.37. The Morgan fingerprint density at radius 2 is 1.62 bits per heavy atom. The van der Waals surface area contributed by atoms with E-state index in [1.54, 1.807) is 0 Å². The Labute approximate surface area is 126 Å². The van der Waals surface area contributed by atoms with Gasteiger partial charge in [-0.25, -0.2) is 0 Å². The number of carboxylic acid groups (broad SMARTS) is 1. The number of likely N-dealkylation sites (tertiary alicyclic amines) is 2. The van der Waals surface area contributed by atoms with E-state index in [1.165, 1.54) is 25.9 Å². The molecule has 3 aliphatic rings. The predicted octanol–water partition coefficient (Wildman–Crippen LogP) is 1.58. The lowest BCUT2D eigenvalue weighted by molar-refractivity contribution is -0.168. The number of amides is 1. The van der Waals surface area contributed by atoms with Gasteiger partial charge in [0.15, 0.2) is 0 Å². The Bertz CT molecular complexity index is 406. The third kappa shape index (κ3) is 2.80. The van der Waals surface area contributed by atoms with Crippen molar-refractivity contribution in [2.24, 2.45) is 11.3 Å². The van der Waals surface area contributed by atoms with Gasteiger partial charge in [-0.1, -0.05) is 6.42 Å². The van der Waals surface area contributed by atoms with Gasteiger partial charge in [-0.2, -0.15) is 0 Å². The summed E-state index contributed by atoms with van der Waals surface area (Å²) >= 11 is 0. The van der Waals surface area contributed by atoms with E-state index < -0.39 is 11.4 Å². The molecule has 3 fully saturated rings. The molecular formula is C16H26N2O3. The fraction of sp³-hybridized carbons (Fsp3) is 0.875. The van der Waals surface area contributed by atoms with E-state index in [0.29, 0.717) is 18.8 Å². The number of rotatable bonds is 4. The normalized spacial score (nSPS) is 26.6. The number of carboxylic acids is 1. The molecule has 0 spiro atoms. The summed E-state index contributed by atoms with van der Waals surface area (Å²) < 4.78 is 0. The van der Waals surface area contributed by atoms with Gasteiger partial charge in [0.2, 0.25) is 5.91 Å². The van der Waals surface area contributed by atoms with Gasteiger partial charge in [0.05, 0.1) is 0 Å². The molecule has 1 saturated carbocycles. The number of aliphatic carboxylic acids is 1. The van der Waals surface area contributed by atoms with Gasteiger partial charge in [0.1, 0.15) is 5.41 Å². The van der Waals surface area contributed by atoms with Crippen LogP contribution >= 0.6 is 0 Å². The monoisotopic (exact) mass is 294 g/mol. The van der Waals surface area contributed by atoms with Crippen molar-refractivity contribution in [3.8, 4) is 0 Å². The molecule has 1 N–H and O–H groups in total. The molecule has 0 unspecified atom stereocenters. The van der Waals surface area contributed by atoms with Crippen LogP contribution < -0.4 is 0 Å². The topological polar surface area (TPSA) is 60.9 Å². The van der Waals surface area contributed by atoms with Crippen LogP contribution in [0.2, 0.25) is 0 Å². The van der Waals surface area contributed by atoms with Crippen molar-refractivity contribution in [3.05, 3.63) is 0 Å².